The Bertz CT molecular complexity index is 383. The molecule has 0 saturated heterocycles. The van der Waals surface area contributed by atoms with Crippen molar-refractivity contribution in [1.29, 1.82) is 5.26 Å². The second-order valence-electron chi connectivity index (χ2n) is 3.57. The second kappa shape index (κ2) is 5.86. The van der Waals surface area contributed by atoms with Gasteiger partial charge >= 0.3 is 0 Å². The van der Waals surface area contributed by atoms with Gasteiger partial charge in [-0.2, -0.15) is 5.26 Å². The Hall–Kier alpha value is -1.89. The van der Waals surface area contributed by atoms with Gasteiger partial charge < -0.3 is 4.90 Å². The average molecular weight is 217 g/mol. The Kier molecular flexibility index (Phi) is 4.46. The minimum atomic E-state index is -0.553. The molecule has 0 aliphatic heterocycles. The minimum absolute atomic E-state index is 0.157. The van der Waals surface area contributed by atoms with Crippen LogP contribution in [0.15, 0.2) is 24.5 Å². The van der Waals surface area contributed by atoms with Gasteiger partial charge in [0.15, 0.2) is 0 Å². The highest BCUT2D eigenvalue weighted by molar-refractivity contribution is 5.95. The Balaban J connectivity index is 2.78. The summed E-state index contributed by atoms with van der Waals surface area (Å²) in [6.45, 7) is 1.96. The average Bonchev–Trinajstić information content (AvgIpc) is 2.35. The molecule has 0 aliphatic rings. The maximum Gasteiger partial charge on any atom is 0.244 e. The summed E-state index contributed by atoms with van der Waals surface area (Å²) in [7, 11) is 1.68. The third-order valence-corrected chi connectivity index (χ3v) is 2.41. The summed E-state index contributed by atoms with van der Waals surface area (Å²) in [4.78, 5) is 17.3. The summed E-state index contributed by atoms with van der Waals surface area (Å²) in [6, 6.07) is 5.54. The van der Waals surface area contributed by atoms with Crippen molar-refractivity contribution in [2.45, 2.75) is 19.8 Å². The Labute approximate surface area is 95.5 Å². The van der Waals surface area contributed by atoms with Crippen LogP contribution in [0.2, 0.25) is 0 Å². The lowest BCUT2D eigenvalue weighted by Gasteiger charge is -2.19. The van der Waals surface area contributed by atoms with Crippen LogP contribution in [0.4, 0.5) is 5.69 Å². The van der Waals surface area contributed by atoms with Crippen molar-refractivity contribution in [3.8, 4) is 6.07 Å². The molecule has 4 heteroatoms. The molecular formula is C12H15N3O. The van der Waals surface area contributed by atoms with Gasteiger partial charge in [0.2, 0.25) is 5.91 Å². The first kappa shape index (κ1) is 12.2. The fourth-order valence-electron chi connectivity index (χ4n) is 1.46. The molecule has 0 N–H and O–H groups in total. The van der Waals surface area contributed by atoms with E-state index in [-0.39, 0.29) is 5.91 Å². The van der Waals surface area contributed by atoms with E-state index in [1.807, 2.05) is 13.0 Å². The zero-order valence-corrected chi connectivity index (χ0v) is 9.55. The molecule has 0 spiro atoms. The summed E-state index contributed by atoms with van der Waals surface area (Å²) in [5.41, 5.74) is 0.761. The summed E-state index contributed by atoms with van der Waals surface area (Å²) >= 11 is 0. The van der Waals surface area contributed by atoms with Crippen molar-refractivity contribution in [2.24, 2.45) is 5.92 Å². The van der Waals surface area contributed by atoms with E-state index in [1.54, 1.807) is 31.6 Å². The van der Waals surface area contributed by atoms with Crippen molar-refractivity contribution < 1.29 is 4.79 Å². The number of carbonyl (C=O) groups is 1. The number of carbonyl (C=O) groups excluding carboxylic acids is 1. The van der Waals surface area contributed by atoms with Gasteiger partial charge in [0.05, 0.1) is 6.07 Å². The Morgan fingerprint density at radius 1 is 1.56 bits per heavy atom. The predicted octanol–water partition coefficient (Wildman–Crippen LogP) is 1.98. The van der Waals surface area contributed by atoms with Gasteiger partial charge in [-0.1, -0.05) is 13.3 Å². The highest BCUT2D eigenvalue weighted by Crippen LogP contribution is 2.15. The number of nitrogens with zero attached hydrogens (tertiary/aromatic N) is 3. The highest BCUT2D eigenvalue weighted by Gasteiger charge is 2.21. The van der Waals surface area contributed by atoms with Gasteiger partial charge in [-0.15, -0.1) is 0 Å². The van der Waals surface area contributed by atoms with E-state index in [0.717, 1.165) is 12.1 Å². The van der Waals surface area contributed by atoms with E-state index >= 15 is 0 Å². The number of rotatable bonds is 4. The standard InChI is InChI=1S/C12H15N3O/c1-3-4-10(9-13)12(16)15(2)11-5-7-14-8-6-11/h5-8,10H,3-4H2,1-2H3. The summed E-state index contributed by atoms with van der Waals surface area (Å²) in [5.74, 6) is -0.710. The van der Waals surface area contributed by atoms with E-state index in [1.165, 1.54) is 4.90 Å². The summed E-state index contributed by atoms with van der Waals surface area (Å²) in [6.07, 6.45) is 4.68. The predicted molar refractivity (Wildman–Crippen MR) is 61.7 cm³/mol. The first-order valence-electron chi connectivity index (χ1n) is 5.28. The van der Waals surface area contributed by atoms with Crippen molar-refractivity contribution in [2.75, 3.05) is 11.9 Å². The fraction of sp³-hybridized carbons (Fsp3) is 0.417. The van der Waals surface area contributed by atoms with E-state index < -0.39 is 5.92 Å². The first-order valence-corrected chi connectivity index (χ1v) is 5.28. The second-order valence-corrected chi connectivity index (χ2v) is 3.57. The quantitative estimate of drug-likeness (QED) is 0.774. The molecule has 0 radical (unpaired) electrons. The zero-order valence-electron chi connectivity index (χ0n) is 9.55. The third kappa shape index (κ3) is 2.80. The first-order chi connectivity index (χ1) is 7.70. The molecule has 1 heterocycles. The molecule has 0 aromatic carbocycles. The Morgan fingerprint density at radius 2 is 2.19 bits per heavy atom. The van der Waals surface area contributed by atoms with Crippen LogP contribution >= 0.6 is 0 Å². The zero-order chi connectivity index (χ0) is 12.0. The molecule has 1 unspecified atom stereocenters. The van der Waals surface area contributed by atoms with E-state index in [2.05, 4.69) is 4.98 Å². The molecule has 1 aromatic rings. The lowest BCUT2D eigenvalue weighted by Crippen LogP contribution is -2.32. The van der Waals surface area contributed by atoms with Gasteiger partial charge in [0.25, 0.3) is 0 Å². The van der Waals surface area contributed by atoms with Crippen LogP contribution in [-0.4, -0.2) is 17.9 Å². The molecule has 1 amide bonds. The largest absolute Gasteiger partial charge is 0.314 e. The summed E-state index contributed by atoms with van der Waals surface area (Å²) < 4.78 is 0. The maximum atomic E-state index is 11.9. The molecule has 1 atom stereocenters. The number of hydrogen-bond donors (Lipinski definition) is 0. The van der Waals surface area contributed by atoms with Crippen LogP contribution in [0.1, 0.15) is 19.8 Å². The van der Waals surface area contributed by atoms with Crippen LogP contribution in [0, 0.1) is 17.2 Å². The fourth-order valence-corrected chi connectivity index (χ4v) is 1.46. The van der Waals surface area contributed by atoms with Gasteiger partial charge in [0, 0.05) is 25.1 Å². The van der Waals surface area contributed by atoms with Crippen molar-refractivity contribution in [1.82, 2.24) is 4.98 Å². The number of aromatic nitrogens is 1. The molecule has 16 heavy (non-hydrogen) atoms. The monoisotopic (exact) mass is 217 g/mol. The third-order valence-electron chi connectivity index (χ3n) is 2.41. The molecular weight excluding hydrogens is 202 g/mol. The number of nitriles is 1. The van der Waals surface area contributed by atoms with E-state index in [9.17, 15) is 4.79 Å². The van der Waals surface area contributed by atoms with Crippen LogP contribution < -0.4 is 4.90 Å². The molecule has 0 bridgehead atoms. The van der Waals surface area contributed by atoms with Gasteiger partial charge in [-0.05, 0) is 18.6 Å². The molecule has 1 rings (SSSR count). The minimum Gasteiger partial charge on any atom is -0.314 e. The van der Waals surface area contributed by atoms with Crippen LogP contribution in [0.5, 0.6) is 0 Å². The van der Waals surface area contributed by atoms with E-state index in [4.69, 9.17) is 5.26 Å². The molecule has 4 nitrogen and oxygen atoms in total. The molecule has 0 fully saturated rings. The molecule has 0 aliphatic carbocycles. The lowest BCUT2D eigenvalue weighted by atomic mass is 10.0. The highest BCUT2D eigenvalue weighted by atomic mass is 16.2. The van der Waals surface area contributed by atoms with Gasteiger partial charge in [-0.3, -0.25) is 9.78 Å². The summed E-state index contributed by atoms with van der Waals surface area (Å²) in [5, 5.41) is 8.91. The molecule has 1 aromatic heterocycles. The topological polar surface area (TPSA) is 57.0 Å². The van der Waals surface area contributed by atoms with Crippen molar-refractivity contribution in [3.63, 3.8) is 0 Å². The van der Waals surface area contributed by atoms with Crippen LogP contribution in [-0.2, 0) is 4.79 Å². The van der Waals surface area contributed by atoms with Crippen LogP contribution in [0.25, 0.3) is 0 Å². The van der Waals surface area contributed by atoms with E-state index in [0.29, 0.717) is 6.42 Å². The maximum absolute atomic E-state index is 11.9. The SMILES string of the molecule is CCCC(C#N)C(=O)N(C)c1ccncc1. The van der Waals surface area contributed by atoms with Crippen molar-refractivity contribution in [3.05, 3.63) is 24.5 Å². The molecule has 0 saturated carbocycles. The Morgan fingerprint density at radius 3 is 2.69 bits per heavy atom. The van der Waals surface area contributed by atoms with Gasteiger partial charge in [-0.25, -0.2) is 0 Å². The number of anilines is 1. The van der Waals surface area contributed by atoms with Crippen LogP contribution in [0.3, 0.4) is 0 Å². The lowest BCUT2D eigenvalue weighted by molar-refractivity contribution is -0.120. The van der Waals surface area contributed by atoms with Gasteiger partial charge in [0.1, 0.15) is 5.92 Å². The number of pyridine rings is 1. The number of hydrogen-bond acceptors (Lipinski definition) is 3. The smallest absolute Gasteiger partial charge is 0.244 e. The normalized spacial score (nSPS) is 11.6. The molecule has 84 valence electrons. The van der Waals surface area contributed by atoms with Crippen molar-refractivity contribution >= 4 is 11.6 Å². The number of amides is 1.